The van der Waals surface area contributed by atoms with Crippen LogP contribution in [-0.4, -0.2) is 24.3 Å². The van der Waals surface area contributed by atoms with Crippen LogP contribution in [0.25, 0.3) is 0 Å². The lowest BCUT2D eigenvalue weighted by atomic mass is 10.0. The predicted octanol–water partition coefficient (Wildman–Crippen LogP) is 3.74. The highest BCUT2D eigenvalue weighted by atomic mass is 16.5. The number of benzene rings is 2. The Bertz CT molecular complexity index is 899. The molecule has 0 aliphatic carbocycles. The molecule has 1 heterocycles. The summed E-state index contributed by atoms with van der Waals surface area (Å²) in [5.74, 6) is -1.22. The van der Waals surface area contributed by atoms with Gasteiger partial charge in [0.1, 0.15) is 11.3 Å². The van der Waals surface area contributed by atoms with Crippen molar-refractivity contribution >= 4 is 23.4 Å². The third-order valence-corrected chi connectivity index (χ3v) is 4.03. The maximum absolute atomic E-state index is 12.4. The van der Waals surface area contributed by atoms with E-state index in [9.17, 15) is 14.4 Å². The number of carbonyl (C=O) groups is 3. The lowest BCUT2D eigenvalue weighted by molar-refractivity contribution is -0.130. The van der Waals surface area contributed by atoms with Crippen LogP contribution in [0.15, 0.2) is 60.3 Å². The van der Waals surface area contributed by atoms with Gasteiger partial charge in [-0.15, -0.1) is 0 Å². The second-order valence-corrected chi connectivity index (χ2v) is 5.98. The summed E-state index contributed by atoms with van der Waals surface area (Å²) in [5.41, 5.74) is 1.31. The van der Waals surface area contributed by atoms with Crippen molar-refractivity contribution in [2.75, 3.05) is 11.9 Å². The second-order valence-electron chi connectivity index (χ2n) is 5.98. The topological polar surface area (TPSA) is 81.7 Å². The Morgan fingerprint density at radius 2 is 1.85 bits per heavy atom. The van der Waals surface area contributed by atoms with Gasteiger partial charge in [-0.05, 0) is 42.8 Å². The van der Waals surface area contributed by atoms with Gasteiger partial charge in [0.25, 0.3) is 0 Å². The molecule has 0 saturated heterocycles. The Hall–Kier alpha value is -3.41. The zero-order valence-electron chi connectivity index (χ0n) is 14.9. The van der Waals surface area contributed by atoms with Gasteiger partial charge in [-0.25, -0.2) is 9.59 Å². The molecule has 0 unspecified atom stereocenters. The molecule has 6 heteroatoms. The fourth-order valence-corrected chi connectivity index (χ4v) is 2.51. The van der Waals surface area contributed by atoms with E-state index in [1.54, 1.807) is 48.5 Å². The fourth-order valence-electron chi connectivity index (χ4n) is 2.51. The molecule has 0 radical (unpaired) electrons. The molecular weight excluding hydrogens is 346 g/mol. The number of ether oxygens (including phenoxy) is 2. The summed E-state index contributed by atoms with van der Waals surface area (Å²) in [5, 5.41) is 2.89. The smallest absolute Gasteiger partial charge is 0.349 e. The van der Waals surface area contributed by atoms with Crippen LogP contribution in [-0.2, 0) is 9.53 Å². The highest BCUT2D eigenvalue weighted by Crippen LogP contribution is 2.27. The molecule has 3 rings (SSSR count). The van der Waals surface area contributed by atoms with Crippen LogP contribution < -0.4 is 10.1 Å². The van der Waals surface area contributed by atoms with Crippen LogP contribution in [0.3, 0.4) is 0 Å². The van der Waals surface area contributed by atoms with Crippen molar-refractivity contribution in [2.45, 2.75) is 19.8 Å². The summed E-state index contributed by atoms with van der Waals surface area (Å²) in [6, 6.07) is 13.2. The first-order chi connectivity index (χ1) is 13.1. The lowest BCUT2D eigenvalue weighted by Crippen LogP contribution is -2.25. The highest BCUT2D eigenvalue weighted by Gasteiger charge is 2.30. The lowest BCUT2D eigenvalue weighted by Gasteiger charge is -2.16. The van der Waals surface area contributed by atoms with Crippen LogP contribution in [0.5, 0.6) is 5.75 Å². The number of anilines is 1. The van der Waals surface area contributed by atoms with E-state index >= 15 is 0 Å². The summed E-state index contributed by atoms with van der Waals surface area (Å²) in [7, 11) is 0. The first-order valence-electron chi connectivity index (χ1n) is 8.70. The number of nitrogens with one attached hydrogen (secondary N) is 1. The van der Waals surface area contributed by atoms with Gasteiger partial charge in [0.2, 0.25) is 5.78 Å². The van der Waals surface area contributed by atoms with Crippen molar-refractivity contribution in [2.24, 2.45) is 0 Å². The van der Waals surface area contributed by atoms with Gasteiger partial charge in [-0.3, -0.25) is 4.79 Å². The van der Waals surface area contributed by atoms with E-state index < -0.39 is 11.8 Å². The zero-order valence-corrected chi connectivity index (χ0v) is 14.9. The van der Waals surface area contributed by atoms with E-state index in [0.717, 1.165) is 12.8 Å². The summed E-state index contributed by atoms with van der Waals surface area (Å²) < 4.78 is 10.3. The Labute approximate surface area is 156 Å². The van der Waals surface area contributed by atoms with E-state index in [1.807, 2.05) is 6.92 Å². The number of Topliss-reactive ketones (excluding diaryl/α,β-unsaturated/α-hetero) is 1. The molecule has 0 fully saturated rings. The molecule has 138 valence electrons. The van der Waals surface area contributed by atoms with Crippen molar-refractivity contribution in [1.82, 2.24) is 0 Å². The Kier molecular flexibility index (Phi) is 5.66. The van der Waals surface area contributed by atoms with Crippen molar-refractivity contribution in [1.29, 1.82) is 0 Å². The molecule has 0 amide bonds. The van der Waals surface area contributed by atoms with Gasteiger partial charge < -0.3 is 14.8 Å². The Morgan fingerprint density at radius 1 is 1.11 bits per heavy atom. The molecule has 1 N–H and O–H groups in total. The van der Waals surface area contributed by atoms with Gasteiger partial charge in [0, 0.05) is 11.9 Å². The standard InChI is InChI=1S/C21H19NO5/c1-2-3-12-26-20(24)14-8-10-15(11-9-14)22-13-17-19(23)16-6-4-5-7-18(16)27-21(17)25/h4-11,13,22H,2-3,12H2,1H3. The monoisotopic (exact) mass is 365 g/mol. The number of rotatable bonds is 6. The molecule has 0 aromatic heterocycles. The number of para-hydroxylation sites is 1. The number of hydrogen-bond acceptors (Lipinski definition) is 6. The number of ketones is 1. The van der Waals surface area contributed by atoms with E-state index in [2.05, 4.69) is 5.32 Å². The molecule has 0 saturated carbocycles. The molecule has 1 aliphatic rings. The predicted molar refractivity (Wildman–Crippen MR) is 99.7 cm³/mol. The summed E-state index contributed by atoms with van der Waals surface area (Å²) in [6.45, 7) is 2.42. The van der Waals surface area contributed by atoms with E-state index in [-0.39, 0.29) is 17.3 Å². The first-order valence-corrected chi connectivity index (χ1v) is 8.70. The summed E-state index contributed by atoms with van der Waals surface area (Å²) in [6.07, 6.45) is 3.10. The van der Waals surface area contributed by atoms with Crippen LogP contribution in [0.1, 0.15) is 40.5 Å². The number of esters is 2. The maximum Gasteiger partial charge on any atom is 0.349 e. The van der Waals surface area contributed by atoms with Crippen LogP contribution >= 0.6 is 0 Å². The van der Waals surface area contributed by atoms with Gasteiger partial charge in [0.15, 0.2) is 0 Å². The highest BCUT2D eigenvalue weighted by molar-refractivity contribution is 6.27. The number of unbranched alkanes of at least 4 members (excludes halogenated alkanes) is 1. The quantitative estimate of drug-likeness (QED) is 0.276. The first kappa shape index (κ1) is 18.4. The van der Waals surface area contributed by atoms with Gasteiger partial charge in [-0.1, -0.05) is 25.5 Å². The zero-order chi connectivity index (χ0) is 19.2. The minimum absolute atomic E-state index is 0.0863. The SMILES string of the molecule is CCCCOC(=O)c1ccc(NC=C2C(=O)Oc3ccccc3C2=O)cc1. The Balaban J connectivity index is 1.68. The normalized spacial score (nSPS) is 14.5. The third kappa shape index (κ3) is 4.23. The van der Waals surface area contributed by atoms with Crippen molar-refractivity contribution in [3.05, 3.63) is 71.4 Å². The summed E-state index contributed by atoms with van der Waals surface area (Å²) in [4.78, 5) is 36.4. The van der Waals surface area contributed by atoms with Crippen LogP contribution in [0, 0.1) is 0 Å². The number of carbonyl (C=O) groups excluding carboxylic acids is 3. The van der Waals surface area contributed by atoms with E-state index in [0.29, 0.717) is 23.4 Å². The van der Waals surface area contributed by atoms with Gasteiger partial charge in [0.05, 0.1) is 17.7 Å². The van der Waals surface area contributed by atoms with Crippen LogP contribution in [0.4, 0.5) is 5.69 Å². The molecule has 0 bridgehead atoms. The Morgan fingerprint density at radius 3 is 2.59 bits per heavy atom. The molecule has 2 aromatic carbocycles. The van der Waals surface area contributed by atoms with Crippen LogP contribution in [0.2, 0.25) is 0 Å². The van der Waals surface area contributed by atoms with Crippen molar-refractivity contribution in [3.63, 3.8) is 0 Å². The van der Waals surface area contributed by atoms with E-state index in [1.165, 1.54) is 6.20 Å². The van der Waals surface area contributed by atoms with Gasteiger partial charge >= 0.3 is 11.9 Å². The molecule has 1 aliphatic heterocycles. The number of hydrogen-bond donors (Lipinski definition) is 1. The summed E-state index contributed by atoms with van der Waals surface area (Å²) >= 11 is 0. The maximum atomic E-state index is 12.4. The molecular formula is C21H19NO5. The minimum Gasteiger partial charge on any atom is -0.462 e. The molecule has 2 aromatic rings. The average Bonchev–Trinajstić information content (AvgIpc) is 2.68. The molecule has 27 heavy (non-hydrogen) atoms. The van der Waals surface area contributed by atoms with Crippen molar-refractivity contribution in [3.8, 4) is 5.75 Å². The minimum atomic E-state index is -0.706. The van der Waals surface area contributed by atoms with Gasteiger partial charge in [-0.2, -0.15) is 0 Å². The molecule has 0 spiro atoms. The van der Waals surface area contributed by atoms with Crippen molar-refractivity contribution < 1.29 is 23.9 Å². The second kappa shape index (κ2) is 8.31. The average molecular weight is 365 g/mol. The van der Waals surface area contributed by atoms with E-state index in [4.69, 9.17) is 9.47 Å². The third-order valence-electron chi connectivity index (χ3n) is 4.03. The molecule has 6 nitrogen and oxygen atoms in total. The fraction of sp³-hybridized carbons (Fsp3) is 0.190. The molecule has 0 atom stereocenters. The number of fused-ring (bicyclic) bond motifs is 1. The largest absolute Gasteiger partial charge is 0.462 e.